The molecule has 0 aliphatic carbocycles. The summed E-state index contributed by atoms with van der Waals surface area (Å²) in [5.74, 6) is 2.47. The quantitative estimate of drug-likeness (QED) is 0.589. The molecule has 0 aromatic rings. The van der Waals surface area contributed by atoms with Gasteiger partial charge in [0, 0.05) is 11.8 Å². The molecule has 102 valence electrons. The van der Waals surface area contributed by atoms with Crippen LogP contribution in [-0.2, 0) is 0 Å². The minimum atomic E-state index is -0.237. The second kappa shape index (κ2) is 10.2. The van der Waals surface area contributed by atoms with E-state index in [2.05, 4.69) is 12.2 Å². The summed E-state index contributed by atoms with van der Waals surface area (Å²) in [4.78, 5) is 0. The van der Waals surface area contributed by atoms with Gasteiger partial charge < -0.3 is 5.11 Å². The van der Waals surface area contributed by atoms with E-state index in [9.17, 15) is 5.11 Å². The molecule has 2 atom stereocenters. The van der Waals surface area contributed by atoms with Gasteiger partial charge in [0.25, 0.3) is 0 Å². The van der Waals surface area contributed by atoms with Crippen molar-refractivity contribution in [2.75, 3.05) is 11.5 Å². The van der Waals surface area contributed by atoms with Crippen molar-refractivity contribution < 1.29 is 5.11 Å². The Balaban J connectivity index is 1.75. The average Bonchev–Trinajstić information content (AvgIpc) is 2.73. The molecular formula is C14H29NOS. The summed E-state index contributed by atoms with van der Waals surface area (Å²) in [6.07, 6.45) is 11.6. The van der Waals surface area contributed by atoms with Crippen LogP contribution in [0.5, 0.6) is 0 Å². The molecule has 0 amide bonds. The van der Waals surface area contributed by atoms with Crippen molar-refractivity contribution in [2.24, 2.45) is 0 Å². The van der Waals surface area contributed by atoms with E-state index in [-0.39, 0.29) is 6.23 Å². The fourth-order valence-corrected chi connectivity index (χ4v) is 3.44. The van der Waals surface area contributed by atoms with Crippen molar-refractivity contribution in [3.63, 3.8) is 0 Å². The van der Waals surface area contributed by atoms with Crippen LogP contribution in [-0.4, -0.2) is 28.9 Å². The van der Waals surface area contributed by atoms with Gasteiger partial charge in [0.15, 0.2) is 0 Å². The van der Waals surface area contributed by atoms with Gasteiger partial charge in [0.2, 0.25) is 0 Å². The molecule has 0 radical (unpaired) electrons. The van der Waals surface area contributed by atoms with Crippen LogP contribution in [0.3, 0.4) is 0 Å². The highest BCUT2D eigenvalue weighted by Crippen LogP contribution is 2.16. The fourth-order valence-electron chi connectivity index (χ4n) is 2.32. The first-order chi connectivity index (χ1) is 8.33. The highest BCUT2D eigenvalue weighted by atomic mass is 32.2. The van der Waals surface area contributed by atoms with Gasteiger partial charge in [-0.25, -0.2) is 0 Å². The van der Waals surface area contributed by atoms with E-state index in [0.717, 1.165) is 12.8 Å². The lowest BCUT2D eigenvalue weighted by molar-refractivity contribution is 0.156. The van der Waals surface area contributed by atoms with E-state index >= 15 is 0 Å². The number of aliphatic hydroxyl groups is 1. The number of rotatable bonds is 10. The Bertz CT molecular complexity index is 178. The number of thioether (sulfide) groups is 1. The molecule has 2 N–H and O–H groups in total. The van der Waals surface area contributed by atoms with Crippen LogP contribution in [0, 0.1) is 0 Å². The lowest BCUT2D eigenvalue weighted by atomic mass is 10.1. The topological polar surface area (TPSA) is 32.3 Å². The van der Waals surface area contributed by atoms with Crippen molar-refractivity contribution in [3.8, 4) is 0 Å². The van der Waals surface area contributed by atoms with E-state index in [1.807, 2.05) is 11.8 Å². The summed E-state index contributed by atoms with van der Waals surface area (Å²) in [5.41, 5.74) is 0. The molecule has 17 heavy (non-hydrogen) atoms. The lowest BCUT2D eigenvalue weighted by Crippen LogP contribution is -2.30. The molecule has 1 rings (SSSR count). The SMILES string of the molecule is CCCCCCCCCSC[C@@H]1CCC(O)N1. The summed E-state index contributed by atoms with van der Waals surface area (Å²) < 4.78 is 0. The number of nitrogens with one attached hydrogen (secondary N) is 1. The van der Waals surface area contributed by atoms with Gasteiger partial charge in [-0.15, -0.1) is 0 Å². The van der Waals surface area contributed by atoms with Gasteiger partial charge in [-0.1, -0.05) is 45.4 Å². The first kappa shape index (κ1) is 15.3. The van der Waals surface area contributed by atoms with Gasteiger partial charge in [-0.05, 0) is 25.0 Å². The fraction of sp³-hybridized carbons (Fsp3) is 1.00. The molecule has 1 fully saturated rings. The van der Waals surface area contributed by atoms with Crippen LogP contribution in [0.2, 0.25) is 0 Å². The third-order valence-electron chi connectivity index (χ3n) is 3.43. The van der Waals surface area contributed by atoms with Crippen LogP contribution in [0.15, 0.2) is 0 Å². The molecule has 3 heteroatoms. The van der Waals surface area contributed by atoms with Gasteiger partial charge >= 0.3 is 0 Å². The summed E-state index contributed by atoms with van der Waals surface area (Å²) in [6.45, 7) is 2.27. The Hall–Kier alpha value is 0.270. The van der Waals surface area contributed by atoms with Crippen LogP contribution >= 0.6 is 11.8 Å². The van der Waals surface area contributed by atoms with E-state index in [1.165, 1.54) is 56.5 Å². The highest BCUT2D eigenvalue weighted by molar-refractivity contribution is 7.99. The van der Waals surface area contributed by atoms with E-state index < -0.39 is 0 Å². The molecule has 1 aliphatic heterocycles. The summed E-state index contributed by atoms with van der Waals surface area (Å²) >= 11 is 2.05. The number of unbranched alkanes of at least 4 members (excludes halogenated alkanes) is 6. The van der Waals surface area contributed by atoms with E-state index in [4.69, 9.17) is 0 Å². The molecule has 1 aliphatic rings. The molecule has 0 aromatic carbocycles. The number of hydrogen-bond acceptors (Lipinski definition) is 3. The van der Waals surface area contributed by atoms with Crippen molar-refractivity contribution in [1.29, 1.82) is 0 Å². The standard InChI is InChI=1S/C14H29NOS/c1-2-3-4-5-6-7-8-11-17-12-13-9-10-14(16)15-13/h13-16H,2-12H2,1H3/t13-,14?/m0/s1. The smallest absolute Gasteiger partial charge is 0.105 e. The molecule has 1 saturated heterocycles. The zero-order chi connectivity index (χ0) is 12.3. The average molecular weight is 259 g/mol. The summed E-state index contributed by atoms with van der Waals surface area (Å²) in [5, 5.41) is 12.5. The first-order valence-electron chi connectivity index (χ1n) is 7.34. The molecule has 0 saturated carbocycles. The second-order valence-corrected chi connectivity index (χ2v) is 6.30. The third kappa shape index (κ3) is 8.06. The van der Waals surface area contributed by atoms with Crippen molar-refractivity contribution >= 4 is 11.8 Å². The number of aliphatic hydroxyl groups excluding tert-OH is 1. The molecule has 0 spiro atoms. The first-order valence-corrected chi connectivity index (χ1v) is 8.50. The molecule has 0 aromatic heterocycles. The normalized spacial score (nSPS) is 24.4. The van der Waals surface area contributed by atoms with Gasteiger partial charge in [-0.2, -0.15) is 11.8 Å². The van der Waals surface area contributed by atoms with Crippen molar-refractivity contribution in [3.05, 3.63) is 0 Å². The second-order valence-electron chi connectivity index (χ2n) is 5.15. The zero-order valence-electron chi connectivity index (χ0n) is 11.3. The van der Waals surface area contributed by atoms with E-state index in [1.54, 1.807) is 0 Å². The highest BCUT2D eigenvalue weighted by Gasteiger charge is 2.20. The van der Waals surface area contributed by atoms with Gasteiger partial charge in [-0.3, -0.25) is 5.32 Å². The Morgan fingerprint density at radius 2 is 1.76 bits per heavy atom. The summed E-state index contributed by atoms with van der Waals surface area (Å²) in [7, 11) is 0. The van der Waals surface area contributed by atoms with Crippen LogP contribution in [0.4, 0.5) is 0 Å². The monoisotopic (exact) mass is 259 g/mol. The Labute approximate surface area is 111 Å². The molecule has 2 nitrogen and oxygen atoms in total. The van der Waals surface area contributed by atoms with Crippen LogP contribution in [0.1, 0.15) is 64.7 Å². The molecule has 0 bridgehead atoms. The van der Waals surface area contributed by atoms with Crippen molar-refractivity contribution in [1.82, 2.24) is 5.32 Å². The molecule has 1 unspecified atom stereocenters. The van der Waals surface area contributed by atoms with Crippen molar-refractivity contribution in [2.45, 2.75) is 77.0 Å². The minimum absolute atomic E-state index is 0.237. The minimum Gasteiger partial charge on any atom is -0.379 e. The Kier molecular flexibility index (Phi) is 9.21. The molecular weight excluding hydrogens is 230 g/mol. The van der Waals surface area contributed by atoms with Gasteiger partial charge in [0.05, 0.1) is 0 Å². The zero-order valence-corrected chi connectivity index (χ0v) is 12.1. The maximum atomic E-state index is 9.32. The number of hydrogen-bond donors (Lipinski definition) is 2. The maximum absolute atomic E-state index is 9.32. The lowest BCUT2D eigenvalue weighted by Gasteiger charge is -2.10. The Morgan fingerprint density at radius 1 is 1.06 bits per heavy atom. The maximum Gasteiger partial charge on any atom is 0.105 e. The largest absolute Gasteiger partial charge is 0.379 e. The van der Waals surface area contributed by atoms with Crippen LogP contribution in [0.25, 0.3) is 0 Å². The molecule has 1 heterocycles. The van der Waals surface area contributed by atoms with Crippen LogP contribution < -0.4 is 5.32 Å². The third-order valence-corrected chi connectivity index (χ3v) is 4.64. The Morgan fingerprint density at radius 3 is 2.41 bits per heavy atom. The predicted molar refractivity (Wildman–Crippen MR) is 77.5 cm³/mol. The van der Waals surface area contributed by atoms with Gasteiger partial charge in [0.1, 0.15) is 6.23 Å². The van der Waals surface area contributed by atoms with E-state index in [0.29, 0.717) is 6.04 Å². The summed E-state index contributed by atoms with van der Waals surface area (Å²) in [6, 6.07) is 0.555. The predicted octanol–water partition coefficient (Wildman–Crippen LogP) is 3.54.